The molecule has 1 rings (SSSR count). The molecule has 0 saturated heterocycles. The molecule has 5 heteroatoms. The Morgan fingerprint density at radius 1 is 1.44 bits per heavy atom. The van der Waals surface area contributed by atoms with Gasteiger partial charge in [0.1, 0.15) is 11.5 Å². The number of benzene rings is 1. The second-order valence-electron chi connectivity index (χ2n) is 5.57. The topological polar surface area (TPSA) is 55.2 Å². The standard InChI is InChI=1S/C13H19FN2O2/c1-9(13(2,3)4)8-15-11-6-5-10(14)7-12(11)16(17)18/h5-7,9,15H,8H2,1-4H3. The average Bonchev–Trinajstić information content (AvgIpc) is 2.25. The van der Waals surface area contributed by atoms with Gasteiger partial charge in [-0.05, 0) is 23.5 Å². The van der Waals surface area contributed by atoms with Gasteiger partial charge in [0.05, 0.1) is 11.0 Å². The van der Waals surface area contributed by atoms with Crippen LogP contribution in [0.2, 0.25) is 0 Å². The smallest absolute Gasteiger partial charge is 0.295 e. The van der Waals surface area contributed by atoms with Crippen LogP contribution in [0.1, 0.15) is 27.7 Å². The average molecular weight is 254 g/mol. The van der Waals surface area contributed by atoms with Crippen molar-refractivity contribution >= 4 is 11.4 Å². The van der Waals surface area contributed by atoms with Gasteiger partial charge in [-0.25, -0.2) is 4.39 Å². The number of nitro groups is 1. The first-order valence-electron chi connectivity index (χ1n) is 5.89. The minimum absolute atomic E-state index is 0.113. The van der Waals surface area contributed by atoms with E-state index in [2.05, 4.69) is 33.0 Å². The maximum atomic E-state index is 13.0. The predicted octanol–water partition coefficient (Wildman–Crippen LogP) is 3.83. The number of nitrogens with one attached hydrogen (secondary N) is 1. The molecule has 0 heterocycles. The summed E-state index contributed by atoms with van der Waals surface area (Å²) >= 11 is 0. The lowest BCUT2D eigenvalue weighted by Gasteiger charge is -2.27. The fraction of sp³-hybridized carbons (Fsp3) is 0.538. The van der Waals surface area contributed by atoms with E-state index in [1.54, 1.807) is 0 Å². The zero-order valence-corrected chi connectivity index (χ0v) is 11.2. The summed E-state index contributed by atoms with van der Waals surface area (Å²) in [5.41, 5.74) is 0.246. The van der Waals surface area contributed by atoms with Crippen LogP contribution in [0.4, 0.5) is 15.8 Å². The maximum Gasteiger partial charge on any atom is 0.295 e. The Kier molecular flexibility index (Phi) is 4.27. The summed E-state index contributed by atoms with van der Waals surface area (Å²) in [6.07, 6.45) is 0. The Labute approximate surface area is 106 Å². The molecular formula is C13H19FN2O2. The molecule has 0 radical (unpaired) electrons. The number of rotatable bonds is 4. The van der Waals surface area contributed by atoms with Crippen LogP contribution in [0.15, 0.2) is 18.2 Å². The fourth-order valence-electron chi connectivity index (χ4n) is 1.37. The molecule has 0 aliphatic rings. The van der Waals surface area contributed by atoms with Gasteiger partial charge in [-0.1, -0.05) is 27.7 Å². The molecule has 0 aliphatic carbocycles. The van der Waals surface area contributed by atoms with Crippen molar-refractivity contribution in [1.29, 1.82) is 0 Å². The molecule has 0 aromatic heterocycles. The molecule has 18 heavy (non-hydrogen) atoms. The Bertz CT molecular complexity index is 441. The lowest BCUT2D eigenvalue weighted by molar-refractivity contribution is -0.384. The van der Waals surface area contributed by atoms with E-state index in [0.29, 0.717) is 18.2 Å². The first-order valence-corrected chi connectivity index (χ1v) is 5.89. The largest absolute Gasteiger partial charge is 0.379 e. The SMILES string of the molecule is CC(CNc1ccc(F)cc1[N+](=O)[O-])C(C)(C)C. The van der Waals surface area contributed by atoms with E-state index in [-0.39, 0.29) is 11.1 Å². The van der Waals surface area contributed by atoms with Gasteiger partial charge in [0.25, 0.3) is 5.69 Å². The zero-order valence-electron chi connectivity index (χ0n) is 11.2. The van der Waals surface area contributed by atoms with Crippen molar-refractivity contribution < 1.29 is 9.31 Å². The summed E-state index contributed by atoms with van der Waals surface area (Å²) in [7, 11) is 0. The second kappa shape index (κ2) is 5.33. The molecule has 4 nitrogen and oxygen atoms in total. The molecule has 0 aliphatic heterocycles. The quantitative estimate of drug-likeness (QED) is 0.656. The highest BCUT2D eigenvalue weighted by Gasteiger charge is 2.21. The van der Waals surface area contributed by atoms with E-state index in [9.17, 15) is 14.5 Å². The highest BCUT2D eigenvalue weighted by Crippen LogP contribution is 2.28. The van der Waals surface area contributed by atoms with Crippen LogP contribution < -0.4 is 5.32 Å². The van der Waals surface area contributed by atoms with E-state index in [1.165, 1.54) is 12.1 Å². The van der Waals surface area contributed by atoms with Crippen molar-refractivity contribution in [1.82, 2.24) is 0 Å². The van der Waals surface area contributed by atoms with Crippen LogP contribution in [-0.2, 0) is 0 Å². The molecule has 0 amide bonds. The number of nitro benzene ring substituents is 1. The van der Waals surface area contributed by atoms with Crippen molar-refractivity contribution in [3.05, 3.63) is 34.1 Å². The molecule has 100 valence electrons. The summed E-state index contributed by atoms with van der Waals surface area (Å²) in [4.78, 5) is 10.2. The van der Waals surface area contributed by atoms with Crippen molar-refractivity contribution in [3.8, 4) is 0 Å². The van der Waals surface area contributed by atoms with Crippen LogP contribution in [0.3, 0.4) is 0 Å². The molecular weight excluding hydrogens is 235 g/mol. The van der Waals surface area contributed by atoms with Gasteiger partial charge in [0.2, 0.25) is 0 Å². The second-order valence-corrected chi connectivity index (χ2v) is 5.57. The molecule has 0 bridgehead atoms. The molecule has 0 spiro atoms. The van der Waals surface area contributed by atoms with Crippen molar-refractivity contribution in [2.45, 2.75) is 27.7 Å². The third-order valence-electron chi connectivity index (χ3n) is 3.23. The summed E-state index contributed by atoms with van der Waals surface area (Å²) in [6, 6.07) is 3.56. The lowest BCUT2D eigenvalue weighted by Crippen LogP contribution is -2.25. The van der Waals surface area contributed by atoms with Gasteiger partial charge >= 0.3 is 0 Å². The maximum absolute atomic E-state index is 13.0. The minimum atomic E-state index is -0.601. The first-order chi connectivity index (χ1) is 8.21. The predicted molar refractivity (Wildman–Crippen MR) is 70.2 cm³/mol. The van der Waals surface area contributed by atoms with Gasteiger partial charge in [-0.3, -0.25) is 10.1 Å². The summed E-state index contributed by atoms with van der Waals surface area (Å²) in [5, 5.41) is 13.8. The highest BCUT2D eigenvalue weighted by molar-refractivity contribution is 5.61. The third kappa shape index (κ3) is 3.68. The van der Waals surface area contributed by atoms with Gasteiger partial charge in [0.15, 0.2) is 0 Å². The third-order valence-corrected chi connectivity index (χ3v) is 3.23. The Morgan fingerprint density at radius 2 is 2.06 bits per heavy atom. The minimum Gasteiger partial charge on any atom is -0.379 e. The van der Waals surface area contributed by atoms with E-state index in [0.717, 1.165) is 6.07 Å². The number of hydrogen-bond donors (Lipinski definition) is 1. The van der Waals surface area contributed by atoms with E-state index in [1.807, 2.05) is 0 Å². The normalized spacial score (nSPS) is 13.2. The fourth-order valence-corrected chi connectivity index (χ4v) is 1.37. The highest BCUT2D eigenvalue weighted by atomic mass is 19.1. The Morgan fingerprint density at radius 3 is 2.56 bits per heavy atom. The van der Waals surface area contributed by atoms with Crippen molar-refractivity contribution in [3.63, 3.8) is 0 Å². The Hall–Kier alpha value is -1.65. The lowest BCUT2D eigenvalue weighted by atomic mass is 9.82. The first kappa shape index (κ1) is 14.4. The van der Waals surface area contributed by atoms with Gasteiger partial charge in [-0.2, -0.15) is 0 Å². The number of hydrogen-bond acceptors (Lipinski definition) is 3. The molecule has 1 unspecified atom stereocenters. The number of halogens is 1. The van der Waals surface area contributed by atoms with Crippen LogP contribution >= 0.6 is 0 Å². The summed E-state index contributed by atoms with van der Waals surface area (Å²) in [5.74, 6) is -0.265. The molecule has 0 fully saturated rings. The van der Waals surface area contributed by atoms with Gasteiger partial charge in [-0.15, -0.1) is 0 Å². The van der Waals surface area contributed by atoms with Gasteiger partial charge < -0.3 is 5.32 Å². The van der Waals surface area contributed by atoms with E-state index in [4.69, 9.17) is 0 Å². The van der Waals surface area contributed by atoms with Crippen molar-refractivity contribution in [2.24, 2.45) is 11.3 Å². The Balaban J connectivity index is 2.82. The summed E-state index contributed by atoms with van der Waals surface area (Å²) < 4.78 is 13.0. The zero-order chi connectivity index (χ0) is 13.9. The van der Waals surface area contributed by atoms with E-state index >= 15 is 0 Å². The van der Waals surface area contributed by atoms with Crippen LogP contribution in [-0.4, -0.2) is 11.5 Å². The molecule has 1 aromatic carbocycles. The van der Waals surface area contributed by atoms with E-state index < -0.39 is 10.7 Å². The number of nitrogens with zero attached hydrogens (tertiary/aromatic N) is 1. The number of anilines is 1. The molecule has 1 N–H and O–H groups in total. The summed E-state index contributed by atoms with van der Waals surface area (Å²) in [6.45, 7) is 9.01. The molecule has 1 atom stereocenters. The van der Waals surface area contributed by atoms with Crippen molar-refractivity contribution in [2.75, 3.05) is 11.9 Å². The monoisotopic (exact) mass is 254 g/mol. The van der Waals surface area contributed by atoms with Crippen LogP contribution in [0.25, 0.3) is 0 Å². The molecule has 1 aromatic rings. The van der Waals surface area contributed by atoms with Crippen LogP contribution in [0, 0.1) is 27.3 Å². The van der Waals surface area contributed by atoms with Gasteiger partial charge in [0, 0.05) is 6.54 Å². The van der Waals surface area contributed by atoms with Crippen LogP contribution in [0.5, 0.6) is 0 Å². The molecule has 0 saturated carbocycles.